The van der Waals surface area contributed by atoms with Gasteiger partial charge in [-0.1, -0.05) is 18.1 Å². The van der Waals surface area contributed by atoms with E-state index in [4.69, 9.17) is 4.52 Å². The normalized spacial score (nSPS) is 12.7. The van der Waals surface area contributed by atoms with Crippen LogP contribution in [0.15, 0.2) is 27.2 Å². The SMILES string of the molecule is CCC(O)c1noc(-c2cccc(F)c2Br)n1. The van der Waals surface area contributed by atoms with Gasteiger partial charge in [0.1, 0.15) is 11.9 Å². The Kier molecular flexibility index (Phi) is 3.54. The maximum absolute atomic E-state index is 13.3. The van der Waals surface area contributed by atoms with E-state index in [-0.39, 0.29) is 16.2 Å². The van der Waals surface area contributed by atoms with E-state index in [9.17, 15) is 9.50 Å². The molecule has 2 rings (SSSR count). The molecule has 1 unspecified atom stereocenters. The topological polar surface area (TPSA) is 59.2 Å². The summed E-state index contributed by atoms with van der Waals surface area (Å²) >= 11 is 3.11. The predicted molar refractivity (Wildman–Crippen MR) is 62.6 cm³/mol. The van der Waals surface area contributed by atoms with Crippen molar-refractivity contribution in [2.45, 2.75) is 19.4 Å². The quantitative estimate of drug-likeness (QED) is 0.946. The summed E-state index contributed by atoms with van der Waals surface area (Å²) in [5, 5.41) is 13.2. The fourth-order valence-corrected chi connectivity index (χ4v) is 1.77. The molecular formula is C11H10BrFN2O2. The van der Waals surface area contributed by atoms with Crippen LogP contribution in [-0.2, 0) is 0 Å². The van der Waals surface area contributed by atoms with Crippen LogP contribution in [0.5, 0.6) is 0 Å². The molecule has 0 radical (unpaired) electrons. The highest BCUT2D eigenvalue weighted by Gasteiger charge is 2.17. The number of aliphatic hydroxyl groups is 1. The Hall–Kier alpha value is -1.27. The first-order valence-corrected chi connectivity index (χ1v) is 5.88. The van der Waals surface area contributed by atoms with Crippen LogP contribution >= 0.6 is 15.9 Å². The highest BCUT2D eigenvalue weighted by atomic mass is 79.9. The van der Waals surface area contributed by atoms with Crippen molar-refractivity contribution in [1.29, 1.82) is 0 Å². The molecule has 1 heterocycles. The maximum atomic E-state index is 13.3. The number of benzene rings is 1. The lowest BCUT2D eigenvalue weighted by Gasteiger charge is -2.00. The molecule has 0 aliphatic carbocycles. The van der Waals surface area contributed by atoms with Crippen molar-refractivity contribution in [3.05, 3.63) is 34.3 Å². The third-order valence-electron chi connectivity index (χ3n) is 2.31. The average molecular weight is 301 g/mol. The summed E-state index contributed by atoms with van der Waals surface area (Å²) in [5.41, 5.74) is 0.465. The summed E-state index contributed by atoms with van der Waals surface area (Å²) in [4.78, 5) is 4.03. The van der Waals surface area contributed by atoms with Gasteiger partial charge in [0.25, 0.3) is 5.89 Å². The second-order valence-corrected chi connectivity index (χ2v) is 4.28. The first-order chi connectivity index (χ1) is 8.13. The maximum Gasteiger partial charge on any atom is 0.259 e. The minimum Gasteiger partial charge on any atom is -0.385 e. The van der Waals surface area contributed by atoms with Crippen LogP contribution in [0.25, 0.3) is 11.5 Å². The molecule has 1 aromatic carbocycles. The van der Waals surface area contributed by atoms with Crippen LogP contribution in [0.1, 0.15) is 25.3 Å². The number of halogens is 2. The van der Waals surface area contributed by atoms with Gasteiger partial charge in [0.2, 0.25) is 5.82 Å². The van der Waals surface area contributed by atoms with Crippen molar-refractivity contribution in [1.82, 2.24) is 10.1 Å². The molecule has 0 saturated heterocycles. The van der Waals surface area contributed by atoms with E-state index in [1.54, 1.807) is 19.1 Å². The summed E-state index contributed by atoms with van der Waals surface area (Å²) in [6.45, 7) is 1.80. The number of rotatable bonds is 3. The Labute approximate surface area is 106 Å². The number of hydrogen-bond acceptors (Lipinski definition) is 4. The summed E-state index contributed by atoms with van der Waals surface area (Å²) in [7, 11) is 0. The third-order valence-corrected chi connectivity index (χ3v) is 3.11. The fraction of sp³-hybridized carbons (Fsp3) is 0.273. The summed E-state index contributed by atoms with van der Waals surface area (Å²) in [6.07, 6.45) is -0.275. The first-order valence-electron chi connectivity index (χ1n) is 5.09. The number of nitrogens with zero attached hydrogens (tertiary/aromatic N) is 2. The Morgan fingerprint density at radius 2 is 2.29 bits per heavy atom. The number of hydrogen-bond donors (Lipinski definition) is 1. The Bertz CT molecular complexity index is 530. The number of aliphatic hydroxyl groups excluding tert-OH is 1. The van der Waals surface area contributed by atoms with Gasteiger partial charge in [-0.25, -0.2) is 4.39 Å². The zero-order valence-corrected chi connectivity index (χ0v) is 10.6. The number of aromatic nitrogens is 2. The minimum atomic E-state index is -0.764. The molecule has 0 spiro atoms. The molecule has 0 aliphatic heterocycles. The minimum absolute atomic E-state index is 0.180. The monoisotopic (exact) mass is 300 g/mol. The van der Waals surface area contributed by atoms with E-state index in [2.05, 4.69) is 26.1 Å². The average Bonchev–Trinajstić information content (AvgIpc) is 2.81. The van der Waals surface area contributed by atoms with E-state index >= 15 is 0 Å². The van der Waals surface area contributed by atoms with Crippen molar-refractivity contribution in [2.75, 3.05) is 0 Å². The van der Waals surface area contributed by atoms with Crippen LogP contribution < -0.4 is 0 Å². The molecule has 0 fully saturated rings. The predicted octanol–water partition coefficient (Wildman–Crippen LogP) is 3.08. The summed E-state index contributed by atoms with van der Waals surface area (Å²) < 4.78 is 18.6. The Morgan fingerprint density at radius 1 is 1.53 bits per heavy atom. The lowest BCUT2D eigenvalue weighted by Crippen LogP contribution is -1.97. The molecule has 0 saturated carbocycles. The smallest absolute Gasteiger partial charge is 0.259 e. The van der Waals surface area contributed by atoms with E-state index in [0.29, 0.717) is 12.0 Å². The van der Waals surface area contributed by atoms with Gasteiger partial charge >= 0.3 is 0 Å². The van der Waals surface area contributed by atoms with Gasteiger partial charge in [0.05, 0.1) is 10.0 Å². The molecule has 90 valence electrons. The van der Waals surface area contributed by atoms with Gasteiger partial charge in [-0.3, -0.25) is 0 Å². The van der Waals surface area contributed by atoms with Gasteiger partial charge in [-0.05, 0) is 34.5 Å². The second-order valence-electron chi connectivity index (χ2n) is 3.48. The van der Waals surface area contributed by atoms with Gasteiger partial charge in [0, 0.05) is 0 Å². The van der Waals surface area contributed by atoms with Crippen molar-refractivity contribution < 1.29 is 14.0 Å². The highest BCUT2D eigenvalue weighted by molar-refractivity contribution is 9.10. The standard InChI is InChI=1S/C11H10BrFN2O2/c1-2-8(16)10-14-11(17-15-10)6-4-3-5-7(13)9(6)12/h3-5,8,16H,2H2,1H3. The zero-order chi connectivity index (χ0) is 12.4. The van der Waals surface area contributed by atoms with Crippen LogP contribution in [0.2, 0.25) is 0 Å². The highest BCUT2D eigenvalue weighted by Crippen LogP contribution is 2.29. The van der Waals surface area contributed by atoms with E-state index < -0.39 is 11.9 Å². The van der Waals surface area contributed by atoms with Gasteiger partial charge in [0.15, 0.2) is 0 Å². The Morgan fingerprint density at radius 3 is 3.00 bits per heavy atom. The lowest BCUT2D eigenvalue weighted by molar-refractivity contribution is 0.159. The van der Waals surface area contributed by atoms with Gasteiger partial charge in [-0.2, -0.15) is 4.98 Å². The molecule has 0 aliphatic rings. The van der Waals surface area contributed by atoms with Crippen molar-refractivity contribution in [2.24, 2.45) is 0 Å². The van der Waals surface area contributed by atoms with E-state index in [1.165, 1.54) is 6.07 Å². The molecule has 0 amide bonds. The molecule has 1 aromatic heterocycles. The molecule has 2 aromatic rings. The molecule has 17 heavy (non-hydrogen) atoms. The van der Waals surface area contributed by atoms with Crippen molar-refractivity contribution >= 4 is 15.9 Å². The van der Waals surface area contributed by atoms with Crippen LogP contribution in [-0.4, -0.2) is 15.2 Å². The first kappa shape index (κ1) is 12.2. The lowest BCUT2D eigenvalue weighted by atomic mass is 10.2. The van der Waals surface area contributed by atoms with Crippen LogP contribution in [0, 0.1) is 5.82 Å². The van der Waals surface area contributed by atoms with E-state index in [1.807, 2.05) is 0 Å². The Balaban J connectivity index is 2.40. The molecule has 6 heteroatoms. The summed E-state index contributed by atoms with van der Waals surface area (Å²) in [5.74, 6) is -0.0178. The third kappa shape index (κ3) is 2.37. The van der Waals surface area contributed by atoms with Crippen LogP contribution in [0.4, 0.5) is 4.39 Å². The fourth-order valence-electron chi connectivity index (χ4n) is 1.33. The molecular weight excluding hydrogens is 291 g/mol. The van der Waals surface area contributed by atoms with Gasteiger partial charge < -0.3 is 9.63 Å². The van der Waals surface area contributed by atoms with E-state index in [0.717, 1.165) is 0 Å². The summed E-state index contributed by atoms with van der Waals surface area (Å²) in [6, 6.07) is 4.53. The molecule has 1 atom stereocenters. The van der Waals surface area contributed by atoms with Crippen molar-refractivity contribution in [3.63, 3.8) is 0 Å². The second kappa shape index (κ2) is 4.93. The molecule has 1 N–H and O–H groups in total. The molecule has 0 bridgehead atoms. The van der Waals surface area contributed by atoms with Gasteiger partial charge in [-0.15, -0.1) is 0 Å². The van der Waals surface area contributed by atoms with Crippen LogP contribution in [0.3, 0.4) is 0 Å². The largest absolute Gasteiger partial charge is 0.385 e. The zero-order valence-electron chi connectivity index (χ0n) is 9.02. The molecule has 4 nitrogen and oxygen atoms in total. The van der Waals surface area contributed by atoms with Crippen molar-refractivity contribution in [3.8, 4) is 11.5 Å².